The second-order valence-electron chi connectivity index (χ2n) is 9.54. The van der Waals surface area contributed by atoms with Crippen LogP contribution in [0.5, 0.6) is 5.75 Å². The molecular formula is C29H27N3O3S. The number of fused-ring (bicyclic) bond motifs is 2. The summed E-state index contributed by atoms with van der Waals surface area (Å²) in [7, 11) is 1.64. The van der Waals surface area contributed by atoms with E-state index in [1.54, 1.807) is 13.2 Å². The third-order valence-corrected chi connectivity index (χ3v) is 6.89. The van der Waals surface area contributed by atoms with Crippen LogP contribution < -0.4 is 15.7 Å². The lowest BCUT2D eigenvalue weighted by molar-refractivity contribution is 0.417. The van der Waals surface area contributed by atoms with Crippen molar-refractivity contribution in [2.45, 2.75) is 37.1 Å². The van der Waals surface area contributed by atoms with E-state index in [-0.39, 0.29) is 11.0 Å². The van der Waals surface area contributed by atoms with Crippen LogP contribution in [0.3, 0.4) is 0 Å². The number of nitrogens with zero attached hydrogens (tertiary/aromatic N) is 2. The molecule has 0 unspecified atom stereocenters. The molecule has 0 bridgehead atoms. The minimum absolute atomic E-state index is 0.0186. The number of rotatable bonds is 6. The average Bonchev–Trinajstić information content (AvgIpc) is 2.86. The molecule has 5 rings (SSSR count). The predicted octanol–water partition coefficient (Wildman–Crippen LogP) is 7.08. The van der Waals surface area contributed by atoms with Crippen LogP contribution >= 0.6 is 11.8 Å². The maximum atomic E-state index is 12.3. The van der Waals surface area contributed by atoms with Crippen molar-refractivity contribution >= 4 is 45.1 Å². The summed E-state index contributed by atoms with van der Waals surface area (Å²) < 4.78 is 11.0. The summed E-state index contributed by atoms with van der Waals surface area (Å²) in [6, 6.07) is 23.2. The van der Waals surface area contributed by atoms with Crippen LogP contribution in [0.4, 0.5) is 11.5 Å². The first-order valence-electron chi connectivity index (χ1n) is 11.7. The molecule has 3 aromatic carbocycles. The Balaban J connectivity index is 1.52. The average molecular weight is 498 g/mol. The fraction of sp³-hybridized carbons (Fsp3) is 0.207. The molecule has 0 aliphatic carbocycles. The fourth-order valence-electron chi connectivity index (χ4n) is 4.05. The molecule has 0 atom stereocenters. The summed E-state index contributed by atoms with van der Waals surface area (Å²) >= 11 is 1.49. The van der Waals surface area contributed by atoms with Crippen molar-refractivity contribution in [2.24, 2.45) is 0 Å². The number of thioether (sulfide) groups is 1. The normalized spacial score (nSPS) is 11.7. The molecule has 0 aliphatic rings. The highest BCUT2D eigenvalue weighted by Crippen LogP contribution is 2.33. The van der Waals surface area contributed by atoms with Crippen LogP contribution in [0.1, 0.15) is 31.9 Å². The first kappa shape index (κ1) is 23.9. The fourth-order valence-corrected chi connectivity index (χ4v) is 4.89. The van der Waals surface area contributed by atoms with Gasteiger partial charge in [-0.15, -0.1) is 0 Å². The zero-order valence-corrected chi connectivity index (χ0v) is 21.5. The summed E-state index contributed by atoms with van der Waals surface area (Å²) in [5, 5.41) is 5.87. The van der Waals surface area contributed by atoms with Crippen LogP contribution in [0.25, 0.3) is 21.9 Å². The molecule has 36 heavy (non-hydrogen) atoms. The Labute approximate surface area is 213 Å². The zero-order chi connectivity index (χ0) is 25.3. The van der Waals surface area contributed by atoms with Gasteiger partial charge in [0.15, 0.2) is 5.16 Å². The number of benzene rings is 3. The van der Waals surface area contributed by atoms with Crippen molar-refractivity contribution in [1.82, 2.24) is 9.97 Å². The highest BCUT2D eigenvalue weighted by atomic mass is 32.2. The number of aromatic nitrogens is 2. The summed E-state index contributed by atoms with van der Waals surface area (Å²) in [4.78, 5) is 21.9. The third-order valence-electron chi connectivity index (χ3n) is 5.99. The quantitative estimate of drug-likeness (QED) is 0.153. The van der Waals surface area contributed by atoms with Crippen molar-refractivity contribution in [2.75, 3.05) is 12.4 Å². The van der Waals surface area contributed by atoms with Crippen molar-refractivity contribution in [3.05, 3.63) is 94.3 Å². The number of hydrogen-bond acceptors (Lipinski definition) is 7. The number of ether oxygens (including phenoxy) is 1. The summed E-state index contributed by atoms with van der Waals surface area (Å²) in [5.74, 6) is 1.95. The molecule has 0 aliphatic heterocycles. The van der Waals surface area contributed by atoms with Gasteiger partial charge in [0, 0.05) is 22.6 Å². The maximum Gasteiger partial charge on any atom is 0.336 e. The first-order valence-corrected chi connectivity index (χ1v) is 12.7. The molecular weight excluding hydrogens is 470 g/mol. The molecule has 0 saturated heterocycles. The van der Waals surface area contributed by atoms with E-state index in [1.165, 1.54) is 17.3 Å². The van der Waals surface area contributed by atoms with Gasteiger partial charge in [-0.3, -0.25) is 0 Å². The molecule has 0 fully saturated rings. The van der Waals surface area contributed by atoms with Crippen molar-refractivity contribution in [3.8, 4) is 5.75 Å². The lowest BCUT2D eigenvalue weighted by atomic mass is 9.86. The Hall–Kier alpha value is -3.84. The standard InChI is InChI=1S/C29H27N3O3S/c1-29(2,3)19-13-14-24-21(16-19)18(15-26(33)35-24)17-36-28-31-22-10-6-5-9-20(22)27(32-28)30-23-11-7-8-12-25(23)34-4/h5-16H,17H2,1-4H3,(H,30,31,32). The van der Waals surface area contributed by atoms with Crippen molar-refractivity contribution in [3.63, 3.8) is 0 Å². The van der Waals surface area contributed by atoms with Gasteiger partial charge in [0.25, 0.3) is 0 Å². The summed E-state index contributed by atoms with van der Waals surface area (Å²) in [6.07, 6.45) is 0. The molecule has 5 aromatic rings. The van der Waals surface area contributed by atoms with Gasteiger partial charge in [-0.2, -0.15) is 0 Å². The van der Waals surface area contributed by atoms with Gasteiger partial charge in [0.05, 0.1) is 18.3 Å². The minimum atomic E-state index is -0.362. The zero-order valence-electron chi connectivity index (χ0n) is 20.7. The van der Waals surface area contributed by atoms with E-state index in [0.717, 1.165) is 33.3 Å². The lowest BCUT2D eigenvalue weighted by Crippen LogP contribution is -2.11. The van der Waals surface area contributed by atoms with E-state index < -0.39 is 0 Å². The molecule has 0 saturated carbocycles. The van der Waals surface area contributed by atoms with Crippen LogP contribution in [0.2, 0.25) is 0 Å². The smallest absolute Gasteiger partial charge is 0.336 e. The van der Waals surface area contributed by atoms with Gasteiger partial charge in [-0.05, 0) is 52.9 Å². The number of hydrogen-bond donors (Lipinski definition) is 1. The van der Waals surface area contributed by atoms with Crippen LogP contribution in [-0.4, -0.2) is 17.1 Å². The van der Waals surface area contributed by atoms with E-state index in [2.05, 4.69) is 32.2 Å². The second-order valence-corrected chi connectivity index (χ2v) is 10.5. The van der Waals surface area contributed by atoms with Crippen molar-refractivity contribution in [1.29, 1.82) is 0 Å². The highest BCUT2D eigenvalue weighted by Gasteiger charge is 2.17. The monoisotopic (exact) mass is 497 g/mol. The van der Waals surface area contributed by atoms with E-state index in [0.29, 0.717) is 22.3 Å². The number of para-hydroxylation sites is 3. The Kier molecular flexibility index (Phi) is 6.41. The third kappa shape index (κ3) is 4.93. The SMILES string of the molecule is COc1ccccc1Nc1nc(SCc2cc(=O)oc3ccc(C(C)(C)C)cc23)nc2ccccc12. The van der Waals surface area contributed by atoms with Gasteiger partial charge in [-0.25, -0.2) is 14.8 Å². The predicted molar refractivity (Wildman–Crippen MR) is 147 cm³/mol. The Morgan fingerprint density at radius 3 is 2.53 bits per heavy atom. The lowest BCUT2D eigenvalue weighted by Gasteiger charge is -2.19. The van der Waals surface area contributed by atoms with E-state index >= 15 is 0 Å². The minimum Gasteiger partial charge on any atom is -0.495 e. The molecule has 0 spiro atoms. The summed E-state index contributed by atoms with van der Waals surface area (Å²) in [5.41, 5.74) is 3.94. The largest absolute Gasteiger partial charge is 0.495 e. The molecule has 182 valence electrons. The Bertz CT molecular complexity index is 1620. The first-order chi connectivity index (χ1) is 17.3. The van der Waals surface area contributed by atoms with Gasteiger partial charge < -0.3 is 14.5 Å². The molecule has 2 aromatic heterocycles. The van der Waals surface area contributed by atoms with E-state index in [4.69, 9.17) is 19.1 Å². The molecule has 6 nitrogen and oxygen atoms in total. The molecule has 7 heteroatoms. The number of nitrogens with one attached hydrogen (secondary N) is 1. The van der Waals surface area contributed by atoms with E-state index in [9.17, 15) is 4.79 Å². The van der Waals surface area contributed by atoms with Gasteiger partial charge in [-0.1, -0.05) is 62.9 Å². The molecule has 2 heterocycles. The van der Waals surface area contributed by atoms with Gasteiger partial charge in [0.1, 0.15) is 17.2 Å². The highest BCUT2D eigenvalue weighted by molar-refractivity contribution is 7.98. The van der Waals surface area contributed by atoms with Crippen LogP contribution in [-0.2, 0) is 11.2 Å². The van der Waals surface area contributed by atoms with E-state index in [1.807, 2.05) is 60.7 Å². The Morgan fingerprint density at radius 1 is 0.944 bits per heavy atom. The Morgan fingerprint density at radius 2 is 1.72 bits per heavy atom. The van der Waals surface area contributed by atoms with Crippen LogP contribution in [0.15, 0.2) is 87.2 Å². The van der Waals surface area contributed by atoms with Gasteiger partial charge in [0.2, 0.25) is 0 Å². The van der Waals surface area contributed by atoms with Crippen molar-refractivity contribution < 1.29 is 9.15 Å². The van der Waals surface area contributed by atoms with Crippen LogP contribution in [0, 0.1) is 0 Å². The topological polar surface area (TPSA) is 77.2 Å². The number of anilines is 2. The number of methoxy groups -OCH3 is 1. The summed E-state index contributed by atoms with van der Waals surface area (Å²) in [6.45, 7) is 6.50. The van der Waals surface area contributed by atoms with Gasteiger partial charge >= 0.3 is 5.63 Å². The second kappa shape index (κ2) is 9.66. The molecule has 1 N–H and O–H groups in total. The molecule has 0 amide bonds. The molecule has 0 radical (unpaired) electrons. The maximum absolute atomic E-state index is 12.3.